The Morgan fingerprint density at radius 3 is 1.87 bits per heavy atom. The number of rotatable bonds is 14. The number of nitrogens with zero attached hydrogens (tertiary/aromatic N) is 9. The minimum atomic E-state index is -2.35. The number of hydrogen-bond donors (Lipinski definition) is 4. The SMILES string of the molecule is CCC(=O)c1cnc(NC(=O)C2CC2)cc1Cl.CCC(=O)c1cnc(NC(=O)C2CC2)cc1Nc1nccc(-c2ncn(C)n2)c1OC.[2H]C([2H])([2H])n1cnc(-c2cccc(N)c2OC)n1. The second kappa shape index (κ2) is 20.5. The highest BCUT2D eigenvalue weighted by atomic mass is 35.5. The highest BCUT2D eigenvalue weighted by molar-refractivity contribution is 6.34. The van der Waals surface area contributed by atoms with E-state index in [9.17, 15) is 19.2 Å². The maximum atomic E-state index is 12.5. The first-order chi connectivity index (χ1) is 31.5. The molecule has 6 aromatic rings. The molecule has 0 aliphatic heterocycles. The molecule has 5 heterocycles. The standard InChI is InChI=1S/C21H23N7O3.C12H13ClN2O2.C10H12N4O/c1-4-16(29)14-10-23-17(26-21(30)12-5-6-12)9-15(14)25-20-18(31-3)13(7-8-22-20)19-24-11-28(2)27-19;1-2-10(16)8-6-14-11(5-9(8)13)15-12(17)7-3-4-7;1-14-6-12-10(13-14)7-4-3-5-8(11)9(7)15-2/h7-12H,4-6H2,1-3H3,(H2,22,23,25,26,30);5-7H,2-4H2,1H3,(H,14,15,17);3-6H,11H2,1-2H3/i;;1D3. The number of nitrogens with two attached hydrogens (primary N) is 1. The summed E-state index contributed by atoms with van der Waals surface area (Å²) in [6.07, 6.45) is 11.6. The predicted molar refractivity (Wildman–Crippen MR) is 237 cm³/mol. The Balaban J connectivity index is 0.000000176. The number of pyridine rings is 3. The third-order valence-electron chi connectivity index (χ3n) is 9.58. The third-order valence-corrected chi connectivity index (χ3v) is 9.90. The van der Waals surface area contributed by atoms with Gasteiger partial charge in [0.25, 0.3) is 0 Å². The minimum Gasteiger partial charge on any atom is -0.494 e. The zero-order valence-electron chi connectivity index (χ0n) is 38.2. The number of Topliss-reactive ketones (excluding diaryl/α,β-unsaturated/α-hetero) is 2. The summed E-state index contributed by atoms with van der Waals surface area (Å²) in [7, 11) is 4.79. The van der Waals surface area contributed by atoms with Crippen molar-refractivity contribution >= 4 is 63.8 Å². The van der Waals surface area contributed by atoms with Crippen LogP contribution < -0.4 is 31.2 Å². The topological polar surface area (TPSA) is 249 Å². The first-order valence-corrected chi connectivity index (χ1v) is 20.3. The van der Waals surface area contributed by atoms with Gasteiger partial charge >= 0.3 is 0 Å². The van der Waals surface area contributed by atoms with Crippen LogP contribution in [-0.2, 0) is 23.6 Å². The van der Waals surface area contributed by atoms with E-state index in [1.54, 1.807) is 68.4 Å². The van der Waals surface area contributed by atoms with Gasteiger partial charge in [-0.25, -0.2) is 24.9 Å². The summed E-state index contributed by atoms with van der Waals surface area (Å²) in [5.41, 5.74) is 8.70. The highest BCUT2D eigenvalue weighted by Crippen LogP contribution is 2.37. The highest BCUT2D eigenvalue weighted by Gasteiger charge is 2.31. The molecule has 1 aromatic carbocycles. The summed E-state index contributed by atoms with van der Waals surface area (Å²) >= 11 is 5.97. The normalized spacial score (nSPS) is 13.7. The lowest BCUT2D eigenvalue weighted by atomic mass is 10.1. The van der Waals surface area contributed by atoms with Gasteiger partial charge in [-0.1, -0.05) is 31.5 Å². The molecule has 0 atom stereocenters. The van der Waals surface area contributed by atoms with E-state index in [2.05, 4.69) is 51.1 Å². The summed E-state index contributed by atoms with van der Waals surface area (Å²) in [5.74, 6) is 2.71. The van der Waals surface area contributed by atoms with Gasteiger partial charge in [-0.15, -0.1) is 0 Å². The number of benzene rings is 1. The van der Waals surface area contributed by atoms with Crippen LogP contribution in [0.2, 0.25) is 5.02 Å². The molecule has 0 unspecified atom stereocenters. The Morgan fingerprint density at radius 2 is 1.33 bits per heavy atom. The fraction of sp³-hybridized carbons (Fsp3) is 0.326. The van der Waals surface area contributed by atoms with E-state index in [0.717, 1.165) is 36.7 Å². The maximum absolute atomic E-state index is 12.5. The molecule has 19 nitrogen and oxygen atoms in total. The van der Waals surface area contributed by atoms with E-state index in [1.165, 1.54) is 32.7 Å². The van der Waals surface area contributed by atoms with Crippen LogP contribution in [0.3, 0.4) is 0 Å². The van der Waals surface area contributed by atoms with Crippen LogP contribution in [0.15, 0.2) is 67.6 Å². The Bertz CT molecular complexity index is 2740. The first-order valence-electron chi connectivity index (χ1n) is 21.4. The van der Waals surface area contributed by atoms with Gasteiger partial charge in [0, 0.05) is 73.5 Å². The number of ketones is 2. The Morgan fingerprint density at radius 1 is 0.778 bits per heavy atom. The number of halogens is 1. The van der Waals surface area contributed by atoms with Gasteiger partial charge in [-0.05, 0) is 43.9 Å². The zero-order valence-corrected chi connectivity index (χ0v) is 35.9. The molecular weight excluding hydrogens is 830 g/mol. The summed E-state index contributed by atoms with van der Waals surface area (Å²) in [6, 6.07) is 10.0. The van der Waals surface area contributed by atoms with Crippen LogP contribution in [-0.4, -0.2) is 82.1 Å². The average molecular weight is 881 g/mol. The lowest BCUT2D eigenvalue weighted by molar-refractivity contribution is -0.118. The van der Waals surface area contributed by atoms with E-state index in [0.29, 0.717) is 86.3 Å². The molecule has 2 amide bonds. The number of para-hydroxylation sites is 1. The Kier molecular flexibility index (Phi) is 13.4. The van der Waals surface area contributed by atoms with Crippen molar-refractivity contribution in [3.63, 3.8) is 0 Å². The van der Waals surface area contributed by atoms with Crippen LogP contribution in [0.25, 0.3) is 22.8 Å². The number of aryl methyl sites for hydroxylation is 2. The molecule has 5 aromatic heterocycles. The third kappa shape index (κ3) is 11.6. The van der Waals surface area contributed by atoms with E-state index in [4.69, 9.17) is 30.9 Å². The average Bonchev–Trinajstić information content (AvgIpc) is 4.24. The molecule has 0 radical (unpaired) electrons. The fourth-order valence-corrected chi connectivity index (χ4v) is 6.20. The summed E-state index contributed by atoms with van der Waals surface area (Å²) < 4.78 is 34.9. The van der Waals surface area contributed by atoms with Gasteiger partial charge in [0.05, 0.1) is 52.9 Å². The molecule has 0 spiro atoms. The summed E-state index contributed by atoms with van der Waals surface area (Å²) in [5, 5.41) is 17.2. The molecule has 63 heavy (non-hydrogen) atoms. The van der Waals surface area contributed by atoms with Crippen LogP contribution >= 0.6 is 11.6 Å². The number of hydrogen-bond acceptors (Lipinski definition) is 15. The van der Waals surface area contributed by atoms with Gasteiger partial charge in [-0.2, -0.15) is 10.2 Å². The molecule has 0 bridgehead atoms. The van der Waals surface area contributed by atoms with Crippen molar-refractivity contribution in [3.05, 3.63) is 83.8 Å². The van der Waals surface area contributed by atoms with Crippen LogP contribution in [0.1, 0.15) is 77.2 Å². The number of methoxy groups -OCH3 is 2. The van der Waals surface area contributed by atoms with Crippen LogP contribution in [0.4, 0.5) is 28.8 Å². The van der Waals surface area contributed by atoms with Gasteiger partial charge in [0.2, 0.25) is 11.8 Å². The number of nitrogen functional groups attached to an aromatic ring is 1. The maximum Gasteiger partial charge on any atom is 0.228 e. The minimum absolute atomic E-state index is 0.0249. The smallest absolute Gasteiger partial charge is 0.228 e. The van der Waals surface area contributed by atoms with E-state index in [1.807, 2.05) is 0 Å². The van der Waals surface area contributed by atoms with Crippen molar-refractivity contribution in [1.82, 2.24) is 44.5 Å². The van der Waals surface area contributed by atoms with E-state index in [-0.39, 0.29) is 41.0 Å². The molecular formula is C43H48ClN13O6. The van der Waals surface area contributed by atoms with Crippen LogP contribution in [0.5, 0.6) is 11.5 Å². The number of amides is 2. The van der Waals surface area contributed by atoms with Crippen molar-refractivity contribution in [2.45, 2.75) is 52.4 Å². The van der Waals surface area contributed by atoms with Gasteiger partial charge in [-0.3, -0.25) is 28.5 Å². The first kappa shape index (κ1) is 41.1. The molecule has 8 rings (SSSR count). The number of anilines is 5. The van der Waals surface area contributed by atoms with Gasteiger partial charge in [0.15, 0.2) is 40.5 Å². The molecule has 20 heteroatoms. The summed E-state index contributed by atoms with van der Waals surface area (Å²) in [6.45, 7) is 1.20. The van der Waals surface area contributed by atoms with E-state index >= 15 is 0 Å². The van der Waals surface area contributed by atoms with Crippen molar-refractivity contribution < 1.29 is 32.8 Å². The molecule has 2 aliphatic carbocycles. The number of carbonyl (C=O) groups excluding carboxylic acids is 4. The molecule has 2 fully saturated rings. The van der Waals surface area contributed by atoms with Crippen molar-refractivity contribution in [2.24, 2.45) is 25.9 Å². The zero-order chi connectivity index (χ0) is 47.7. The van der Waals surface area contributed by atoms with Crippen molar-refractivity contribution in [1.29, 1.82) is 0 Å². The quantitative estimate of drug-likeness (QED) is 0.0655. The largest absolute Gasteiger partial charge is 0.494 e. The fourth-order valence-electron chi connectivity index (χ4n) is 5.94. The number of ether oxygens (including phenoxy) is 2. The van der Waals surface area contributed by atoms with Crippen molar-refractivity contribution in [3.8, 4) is 34.3 Å². The lowest BCUT2D eigenvalue weighted by Gasteiger charge is -2.15. The predicted octanol–water partition coefficient (Wildman–Crippen LogP) is 6.71. The van der Waals surface area contributed by atoms with Gasteiger partial charge in [0.1, 0.15) is 24.3 Å². The Labute approximate surface area is 372 Å². The molecule has 0 saturated heterocycles. The van der Waals surface area contributed by atoms with Crippen molar-refractivity contribution in [2.75, 3.05) is 35.9 Å². The number of carbonyl (C=O) groups is 4. The van der Waals surface area contributed by atoms with E-state index < -0.39 is 6.98 Å². The Hall–Kier alpha value is -7.28. The number of aromatic nitrogens is 9. The number of nitrogens with one attached hydrogen (secondary N) is 3. The summed E-state index contributed by atoms with van der Waals surface area (Å²) in [4.78, 5) is 68.5. The molecule has 2 aliphatic rings. The monoisotopic (exact) mass is 880 g/mol. The molecule has 2 saturated carbocycles. The molecule has 5 N–H and O–H groups in total. The lowest BCUT2D eigenvalue weighted by Crippen LogP contribution is -2.15. The van der Waals surface area contributed by atoms with Crippen LogP contribution in [0, 0.1) is 11.8 Å². The molecule has 328 valence electrons. The van der Waals surface area contributed by atoms with Gasteiger partial charge < -0.3 is 31.2 Å². The second-order valence-corrected chi connectivity index (χ2v) is 14.7. The second-order valence-electron chi connectivity index (χ2n) is 14.3.